The molecule has 0 fully saturated rings. The summed E-state index contributed by atoms with van der Waals surface area (Å²) >= 11 is 6.63. The van der Waals surface area contributed by atoms with Gasteiger partial charge in [0.05, 0.1) is 28.1 Å². The number of nitrogens with zero attached hydrogens (tertiary/aromatic N) is 5. The number of aromatic nitrogens is 3. The molecule has 9 nitrogen and oxygen atoms in total. The number of amides is 1. The highest BCUT2D eigenvalue weighted by Crippen LogP contribution is 2.41. The zero-order valence-corrected chi connectivity index (χ0v) is 23.3. The van der Waals surface area contributed by atoms with Crippen molar-refractivity contribution in [2.75, 3.05) is 30.3 Å². The molecule has 0 radical (unpaired) electrons. The first kappa shape index (κ1) is 28.0. The van der Waals surface area contributed by atoms with Gasteiger partial charge in [-0.25, -0.2) is 14.4 Å². The number of carbonyl (C=O) groups is 1. The van der Waals surface area contributed by atoms with Crippen LogP contribution < -0.4 is 15.4 Å². The molecule has 4 aromatic rings. The Hall–Kier alpha value is -4.54. The Morgan fingerprint density at radius 2 is 2.00 bits per heavy atom. The van der Waals surface area contributed by atoms with Gasteiger partial charge in [-0.1, -0.05) is 17.7 Å². The first-order valence-electron chi connectivity index (χ1n) is 12.9. The summed E-state index contributed by atoms with van der Waals surface area (Å²) in [6, 6.07) is 9.84. The Balaban J connectivity index is 1.59. The third-order valence-electron chi connectivity index (χ3n) is 6.89. The second kappa shape index (κ2) is 11.9. The van der Waals surface area contributed by atoms with E-state index >= 15 is 4.39 Å². The van der Waals surface area contributed by atoms with Crippen molar-refractivity contribution in [1.29, 1.82) is 0 Å². The van der Waals surface area contributed by atoms with Gasteiger partial charge < -0.3 is 25.4 Å². The number of anilines is 2. The van der Waals surface area contributed by atoms with Crippen LogP contribution >= 0.6 is 11.6 Å². The number of benzene rings is 2. The third-order valence-corrected chi connectivity index (χ3v) is 7.21. The van der Waals surface area contributed by atoms with Crippen LogP contribution in [-0.4, -0.2) is 50.6 Å². The molecule has 5 rings (SSSR count). The summed E-state index contributed by atoms with van der Waals surface area (Å²) < 4.78 is 21.2. The van der Waals surface area contributed by atoms with Crippen molar-refractivity contribution >= 4 is 39.8 Å². The third kappa shape index (κ3) is 5.70. The van der Waals surface area contributed by atoms with E-state index in [4.69, 9.17) is 22.1 Å². The topological polar surface area (TPSA) is 118 Å². The molecule has 1 aliphatic rings. The van der Waals surface area contributed by atoms with E-state index in [1.165, 1.54) is 12.3 Å². The molecule has 0 saturated carbocycles. The lowest BCUT2D eigenvalue weighted by Gasteiger charge is -2.35. The molecule has 41 heavy (non-hydrogen) atoms. The number of hydrogen-bond acceptors (Lipinski definition) is 8. The van der Waals surface area contributed by atoms with Crippen LogP contribution in [0.25, 0.3) is 22.0 Å². The number of halogens is 2. The van der Waals surface area contributed by atoms with Crippen molar-refractivity contribution < 1.29 is 19.0 Å². The maximum Gasteiger partial charge on any atom is 0.321 e. The smallest absolute Gasteiger partial charge is 0.321 e. The molecule has 2 aromatic heterocycles. The van der Waals surface area contributed by atoms with E-state index in [-0.39, 0.29) is 22.5 Å². The van der Waals surface area contributed by atoms with Gasteiger partial charge in [0.1, 0.15) is 18.2 Å². The molecule has 1 amide bonds. The molecule has 0 unspecified atom stereocenters. The normalized spacial score (nSPS) is 13.7. The number of aliphatic hydroxyl groups excluding tert-OH is 1. The number of ether oxygens (including phenoxy) is 1. The Labute approximate surface area is 241 Å². The highest BCUT2D eigenvalue weighted by atomic mass is 35.5. The monoisotopic (exact) mass is 574 g/mol. The maximum absolute atomic E-state index is 15.5. The quantitative estimate of drug-likeness (QED) is 0.289. The Bertz CT molecular complexity index is 1680. The van der Waals surface area contributed by atoms with Gasteiger partial charge in [0.15, 0.2) is 0 Å². The zero-order valence-electron chi connectivity index (χ0n) is 22.5. The van der Waals surface area contributed by atoms with Crippen LogP contribution in [0, 0.1) is 5.82 Å². The fourth-order valence-electron chi connectivity index (χ4n) is 4.76. The first-order valence-corrected chi connectivity index (χ1v) is 13.3. The van der Waals surface area contributed by atoms with Crippen molar-refractivity contribution in [3.05, 3.63) is 89.4 Å². The van der Waals surface area contributed by atoms with Crippen molar-refractivity contribution in [1.82, 2.24) is 19.9 Å². The van der Waals surface area contributed by atoms with Crippen molar-refractivity contribution in [3.63, 3.8) is 0 Å². The average Bonchev–Trinajstić information content (AvgIpc) is 2.99. The number of aliphatic hydroxyl groups is 1. The van der Waals surface area contributed by atoms with Gasteiger partial charge in [-0.2, -0.15) is 0 Å². The molecule has 0 atom stereocenters. The summed E-state index contributed by atoms with van der Waals surface area (Å²) in [5.41, 5.74) is 10.6. The van der Waals surface area contributed by atoms with Crippen molar-refractivity contribution in [2.45, 2.75) is 20.3 Å². The number of fused-ring (bicyclic) bond motifs is 1. The van der Waals surface area contributed by atoms with Crippen molar-refractivity contribution in [3.8, 4) is 22.9 Å². The van der Waals surface area contributed by atoms with Gasteiger partial charge in [-0.15, -0.1) is 0 Å². The molecule has 0 bridgehead atoms. The summed E-state index contributed by atoms with van der Waals surface area (Å²) in [5.74, 6) is -0.411. The lowest BCUT2D eigenvalue weighted by Crippen LogP contribution is -2.39. The predicted molar refractivity (Wildman–Crippen MR) is 157 cm³/mol. The van der Waals surface area contributed by atoms with Crippen LogP contribution in [0.4, 0.5) is 15.8 Å². The summed E-state index contributed by atoms with van der Waals surface area (Å²) in [5, 5.41) is 10.2. The number of pyridine rings is 1. The van der Waals surface area contributed by atoms with Crippen LogP contribution in [0.2, 0.25) is 5.02 Å². The lowest BCUT2D eigenvalue weighted by molar-refractivity contribution is -0.133. The first-order chi connectivity index (χ1) is 19.8. The molecular formula is C30H28ClFN6O3. The maximum atomic E-state index is 15.5. The zero-order chi connectivity index (χ0) is 29.1. The van der Waals surface area contributed by atoms with Gasteiger partial charge in [-0.05, 0) is 44.2 Å². The van der Waals surface area contributed by atoms with E-state index in [2.05, 4.69) is 15.0 Å². The minimum absolute atomic E-state index is 0.166. The number of allylic oxidation sites excluding steroid dienone is 2. The number of nitrogens with two attached hydrogens (primary N) is 1. The fourth-order valence-corrected chi connectivity index (χ4v) is 5.03. The second-order valence-electron chi connectivity index (χ2n) is 9.40. The fraction of sp³-hybridized carbons (Fsp3) is 0.200. The van der Waals surface area contributed by atoms with E-state index in [0.717, 1.165) is 11.4 Å². The van der Waals surface area contributed by atoms with Gasteiger partial charge >= 0.3 is 6.01 Å². The molecule has 3 N–H and O–H groups in total. The second-order valence-corrected chi connectivity index (χ2v) is 9.80. The van der Waals surface area contributed by atoms with E-state index < -0.39 is 12.4 Å². The average molecular weight is 575 g/mol. The van der Waals surface area contributed by atoms with E-state index in [0.29, 0.717) is 53.1 Å². The molecule has 0 aliphatic carbocycles. The molecule has 0 saturated heterocycles. The highest BCUT2D eigenvalue weighted by Gasteiger charge is 2.25. The molecule has 11 heteroatoms. The van der Waals surface area contributed by atoms with Gasteiger partial charge in [0.25, 0.3) is 0 Å². The van der Waals surface area contributed by atoms with E-state index in [1.807, 2.05) is 30.9 Å². The van der Waals surface area contributed by atoms with Crippen LogP contribution in [-0.2, 0) is 4.79 Å². The number of carbonyl (C=O) groups excluding carboxylic acids is 1. The molecule has 3 heterocycles. The van der Waals surface area contributed by atoms with Gasteiger partial charge in [-0.3, -0.25) is 9.78 Å². The SMILES string of the molecule is C/C=C(\C)N(C1=CCN(C(=O)CO)CC1)c1c(N)cnc2cc(F)c(-c3ccc(Oc4ncccn4)cc3Cl)cc12. The standard InChI is InChI=1S/C30H28ClFN6O3/c1-3-18(2)38(19-7-11-37(12-8-19)28(40)17-39)29-23-14-22(25(32)15-27(23)36-16-26(29)33)21-6-5-20(13-24(21)31)41-30-34-9-4-10-35-30/h3-7,9-10,13-16,39H,8,11-12,17,33H2,1-2H3/b18-3+. The van der Waals surface area contributed by atoms with Gasteiger partial charge in [0, 0.05) is 71.9 Å². The summed E-state index contributed by atoms with van der Waals surface area (Å²) in [6.07, 6.45) is 9.06. The van der Waals surface area contributed by atoms with Gasteiger partial charge in [0.2, 0.25) is 5.91 Å². The summed E-state index contributed by atoms with van der Waals surface area (Å²) in [6.45, 7) is 4.13. The van der Waals surface area contributed by atoms with Crippen LogP contribution in [0.15, 0.2) is 78.5 Å². The van der Waals surface area contributed by atoms with Crippen LogP contribution in [0.3, 0.4) is 0 Å². The molecule has 0 spiro atoms. The minimum Gasteiger partial charge on any atom is -0.424 e. The van der Waals surface area contributed by atoms with Crippen LogP contribution in [0.5, 0.6) is 11.8 Å². The Morgan fingerprint density at radius 1 is 1.22 bits per heavy atom. The predicted octanol–water partition coefficient (Wildman–Crippen LogP) is 5.70. The number of rotatable bonds is 7. The number of hydrogen-bond donors (Lipinski definition) is 2. The largest absolute Gasteiger partial charge is 0.424 e. The lowest BCUT2D eigenvalue weighted by atomic mass is 10.00. The van der Waals surface area contributed by atoms with E-state index in [1.54, 1.807) is 47.6 Å². The van der Waals surface area contributed by atoms with Crippen molar-refractivity contribution in [2.24, 2.45) is 0 Å². The minimum atomic E-state index is -0.535. The summed E-state index contributed by atoms with van der Waals surface area (Å²) in [4.78, 5) is 28.1. The molecule has 1 aliphatic heterocycles. The number of nitrogen functional groups attached to an aromatic ring is 1. The summed E-state index contributed by atoms with van der Waals surface area (Å²) in [7, 11) is 0. The molecule has 2 aromatic carbocycles. The van der Waals surface area contributed by atoms with E-state index in [9.17, 15) is 9.90 Å². The van der Waals surface area contributed by atoms with Crippen LogP contribution in [0.1, 0.15) is 20.3 Å². The highest BCUT2D eigenvalue weighted by molar-refractivity contribution is 6.33. The molecule has 210 valence electrons. The molecular weight excluding hydrogens is 547 g/mol. The Kier molecular flexibility index (Phi) is 8.14. The Morgan fingerprint density at radius 3 is 2.66 bits per heavy atom.